The maximum absolute atomic E-state index is 3.64. The Hall–Kier alpha value is -0.760. The second-order valence-electron chi connectivity index (χ2n) is 5.44. The Kier molecular flexibility index (Phi) is 4.66. The van der Waals surface area contributed by atoms with Gasteiger partial charge < -0.3 is 9.88 Å². The van der Waals surface area contributed by atoms with Gasteiger partial charge in [-0.3, -0.25) is 0 Å². The first-order chi connectivity index (χ1) is 8.31. The molecule has 1 aliphatic rings. The van der Waals surface area contributed by atoms with Crippen LogP contribution in [0.3, 0.4) is 0 Å². The zero-order valence-electron chi connectivity index (χ0n) is 11.3. The van der Waals surface area contributed by atoms with Crippen LogP contribution < -0.4 is 5.32 Å². The summed E-state index contributed by atoms with van der Waals surface area (Å²) in [5.41, 5.74) is 1.41. The Morgan fingerprint density at radius 1 is 1.35 bits per heavy atom. The molecule has 0 radical (unpaired) electrons. The Morgan fingerprint density at radius 3 is 2.94 bits per heavy atom. The van der Waals surface area contributed by atoms with Crippen LogP contribution in [-0.2, 0) is 13.1 Å². The van der Waals surface area contributed by atoms with Crippen molar-refractivity contribution in [3.8, 4) is 0 Å². The van der Waals surface area contributed by atoms with Gasteiger partial charge in [-0.25, -0.2) is 0 Å². The monoisotopic (exact) mass is 234 g/mol. The van der Waals surface area contributed by atoms with Gasteiger partial charge >= 0.3 is 0 Å². The van der Waals surface area contributed by atoms with Crippen LogP contribution in [0.4, 0.5) is 0 Å². The lowest BCUT2D eigenvalue weighted by atomic mass is 9.80. The zero-order chi connectivity index (χ0) is 12.1. The summed E-state index contributed by atoms with van der Waals surface area (Å²) >= 11 is 0. The van der Waals surface area contributed by atoms with Crippen LogP contribution >= 0.6 is 0 Å². The summed E-state index contributed by atoms with van der Waals surface area (Å²) in [7, 11) is 0. The lowest BCUT2D eigenvalue weighted by Gasteiger charge is -2.29. The number of aryl methyl sites for hydroxylation is 1. The highest BCUT2D eigenvalue weighted by Crippen LogP contribution is 2.28. The van der Waals surface area contributed by atoms with E-state index in [4.69, 9.17) is 0 Å². The summed E-state index contributed by atoms with van der Waals surface area (Å²) in [4.78, 5) is 0. The van der Waals surface area contributed by atoms with E-state index in [-0.39, 0.29) is 0 Å². The van der Waals surface area contributed by atoms with Crippen LogP contribution in [0.2, 0.25) is 0 Å². The number of hydrogen-bond acceptors (Lipinski definition) is 1. The molecule has 0 bridgehead atoms. The molecule has 1 heterocycles. The fraction of sp³-hybridized carbons (Fsp3) is 0.733. The Labute approximate surface area is 105 Å². The molecule has 1 saturated carbocycles. The van der Waals surface area contributed by atoms with E-state index in [0.717, 1.165) is 24.9 Å². The van der Waals surface area contributed by atoms with E-state index >= 15 is 0 Å². The molecule has 0 spiro atoms. The summed E-state index contributed by atoms with van der Waals surface area (Å²) in [5.74, 6) is 1.81. The van der Waals surface area contributed by atoms with Gasteiger partial charge in [0.1, 0.15) is 0 Å². The molecular weight excluding hydrogens is 208 g/mol. The molecule has 96 valence electrons. The fourth-order valence-corrected chi connectivity index (χ4v) is 3.00. The summed E-state index contributed by atoms with van der Waals surface area (Å²) in [6.45, 7) is 7.90. The van der Waals surface area contributed by atoms with Crippen LogP contribution in [0, 0.1) is 11.8 Å². The van der Waals surface area contributed by atoms with Gasteiger partial charge in [0.05, 0.1) is 0 Å². The molecule has 1 aliphatic carbocycles. The Bertz CT molecular complexity index is 329. The van der Waals surface area contributed by atoms with E-state index in [9.17, 15) is 0 Å². The summed E-state index contributed by atoms with van der Waals surface area (Å²) in [5, 5.41) is 3.64. The molecule has 0 aromatic carbocycles. The van der Waals surface area contributed by atoms with Gasteiger partial charge in [-0.15, -0.1) is 0 Å². The van der Waals surface area contributed by atoms with Crippen LogP contribution in [0.5, 0.6) is 0 Å². The van der Waals surface area contributed by atoms with Crippen LogP contribution in [0.25, 0.3) is 0 Å². The first-order valence-corrected chi connectivity index (χ1v) is 7.16. The van der Waals surface area contributed by atoms with Crippen molar-refractivity contribution in [1.82, 2.24) is 9.88 Å². The molecule has 1 aromatic heterocycles. The topological polar surface area (TPSA) is 17.0 Å². The third-order valence-electron chi connectivity index (χ3n) is 4.27. The van der Waals surface area contributed by atoms with Crippen molar-refractivity contribution in [2.24, 2.45) is 11.8 Å². The quantitative estimate of drug-likeness (QED) is 0.826. The summed E-state index contributed by atoms with van der Waals surface area (Å²) in [6.07, 6.45) is 7.89. The van der Waals surface area contributed by atoms with Gasteiger partial charge in [0.25, 0.3) is 0 Å². The molecule has 1 fully saturated rings. The Balaban J connectivity index is 1.75. The first-order valence-electron chi connectivity index (χ1n) is 7.16. The molecule has 2 heteroatoms. The largest absolute Gasteiger partial charge is 0.351 e. The number of nitrogens with one attached hydrogen (secondary N) is 1. The van der Waals surface area contributed by atoms with Gasteiger partial charge in [-0.2, -0.15) is 0 Å². The first kappa shape index (κ1) is 12.7. The summed E-state index contributed by atoms with van der Waals surface area (Å²) in [6, 6.07) is 4.37. The smallest absolute Gasteiger partial charge is 0.0359 e. The van der Waals surface area contributed by atoms with E-state index in [2.05, 4.69) is 42.1 Å². The van der Waals surface area contributed by atoms with Gasteiger partial charge in [0, 0.05) is 25.0 Å². The third-order valence-corrected chi connectivity index (χ3v) is 4.27. The molecule has 2 nitrogen and oxygen atoms in total. The second-order valence-corrected chi connectivity index (χ2v) is 5.44. The average molecular weight is 234 g/mol. The molecule has 2 atom stereocenters. The summed E-state index contributed by atoms with van der Waals surface area (Å²) < 4.78 is 2.32. The minimum atomic E-state index is 0.897. The fourth-order valence-electron chi connectivity index (χ4n) is 3.00. The SMILES string of the molecule is CCn1cccc1CNCC1CCCCC1C. The standard InChI is InChI=1S/C15H26N2/c1-3-17-10-6-9-15(17)12-16-11-14-8-5-4-7-13(14)2/h6,9-10,13-14,16H,3-5,7-8,11-12H2,1-2H3. The number of rotatable bonds is 5. The van der Waals surface area contributed by atoms with E-state index in [1.165, 1.54) is 37.9 Å². The molecule has 1 aromatic rings. The van der Waals surface area contributed by atoms with Crippen LogP contribution in [0.15, 0.2) is 18.3 Å². The average Bonchev–Trinajstić information content (AvgIpc) is 2.79. The number of hydrogen-bond donors (Lipinski definition) is 1. The maximum atomic E-state index is 3.64. The highest BCUT2D eigenvalue weighted by molar-refractivity contribution is 5.06. The van der Waals surface area contributed by atoms with Crippen LogP contribution in [0.1, 0.15) is 45.2 Å². The molecule has 0 amide bonds. The van der Waals surface area contributed by atoms with Crippen LogP contribution in [-0.4, -0.2) is 11.1 Å². The van der Waals surface area contributed by atoms with Crippen molar-refractivity contribution in [3.05, 3.63) is 24.0 Å². The maximum Gasteiger partial charge on any atom is 0.0359 e. The van der Waals surface area contributed by atoms with E-state index in [1.807, 2.05) is 0 Å². The van der Waals surface area contributed by atoms with E-state index < -0.39 is 0 Å². The molecule has 0 aliphatic heterocycles. The zero-order valence-corrected chi connectivity index (χ0v) is 11.3. The van der Waals surface area contributed by atoms with Crippen molar-refractivity contribution in [3.63, 3.8) is 0 Å². The predicted molar refractivity (Wildman–Crippen MR) is 72.9 cm³/mol. The van der Waals surface area contributed by atoms with Gasteiger partial charge in [0.15, 0.2) is 0 Å². The van der Waals surface area contributed by atoms with Crippen molar-refractivity contribution in [1.29, 1.82) is 0 Å². The van der Waals surface area contributed by atoms with Gasteiger partial charge in [-0.1, -0.05) is 26.2 Å². The van der Waals surface area contributed by atoms with Gasteiger partial charge in [-0.05, 0) is 43.9 Å². The van der Waals surface area contributed by atoms with E-state index in [1.54, 1.807) is 0 Å². The molecule has 2 unspecified atom stereocenters. The predicted octanol–water partition coefficient (Wildman–Crippen LogP) is 3.42. The Morgan fingerprint density at radius 2 is 2.18 bits per heavy atom. The number of aromatic nitrogens is 1. The van der Waals surface area contributed by atoms with Crippen molar-refractivity contribution in [2.45, 2.75) is 52.6 Å². The molecule has 1 N–H and O–H groups in total. The minimum absolute atomic E-state index is 0.897. The van der Waals surface area contributed by atoms with E-state index in [0.29, 0.717) is 0 Å². The highest BCUT2D eigenvalue weighted by Gasteiger charge is 2.20. The lowest BCUT2D eigenvalue weighted by Crippen LogP contribution is -2.29. The minimum Gasteiger partial charge on any atom is -0.351 e. The van der Waals surface area contributed by atoms with Crippen molar-refractivity contribution >= 4 is 0 Å². The lowest BCUT2D eigenvalue weighted by molar-refractivity contribution is 0.247. The van der Waals surface area contributed by atoms with Crippen molar-refractivity contribution in [2.75, 3.05) is 6.54 Å². The highest BCUT2D eigenvalue weighted by atomic mass is 15.0. The molecular formula is C15H26N2. The number of nitrogens with zero attached hydrogens (tertiary/aromatic N) is 1. The molecule has 17 heavy (non-hydrogen) atoms. The third kappa shape index (κ3) is 3.35. The second kappa shape index (κ2) is 6.25. The van der Waals surface area contributed by atoms with Crippen molar-refractivity contribution < 1.29 is 0 Å². The normalized spacial score (nSPS) is 25.1. The van der Waals surface area contributed by atoms with Gasteiger partial charge in [0.2, 0.25) is 0 Å². The molecule has 0 saturated heterocycles. The molecule has 2 rings (SSSR count).